The van der Waals surface area contributed by atoms with E-state index in [0.717, 1.165) is 28.8 Å². The number of hydrogen-bond acceptors (Lipinski definition) is 4. The van der Waals surface area contributed by atoms with Crippen molar-refractivity contribution >= 4 is 23.4 Å². The fraction of sp³-hybridized carbons (Fsp3) is 0.175. The molecule has 0 aliphatic carbocycles. The molecule has 0 heterocycles. The van der Waals surface area contributed by atoms with Crippen molar-refractivity contribution < 1.29 is 32.3 Å². The highest BCUT2D eigenvalue weighted by Gasteiger charge is 2.30. The molecular formula is C40H36F3N3O4. The molecule has 0 spiro atoms. The number of rotatable bonds is 12. The lowest BCUT2D eigenvalue weighted by Gasteiger charge is -2.19. The molecule has 0 fully saturated rings. The second-order valence-electron chi connectivity index (χ2n) is 11.6. The summed E-state index contributed by atoms with van der Waals surface area (Å²) in [6.45, 7) is 4.42. The lowest BCUT2D eigenvalue weighted by molar-refractivity contribution is -0.137. The van der Waals surface area contributed by atoms with E-state index in [1.54, 1.807) is 72.8 Å². The third-order valence-electron chi connectivity index (χ3n) is 8.00. The number of hydrogen-bond donors (Lipinski definition) is 3. The number of alkyl halides is 3. The molecule has 0 aliphatic rings. The number of benzene rings is 5. The fourth-order valence-electron chi connectivity index (χ4n) is 5.44. The van der Waals surface area contributed by atoms with Gasteiger partial charge in [0.15, 0.2) is 0 Å². The van der Waals surface area contributed by atoms with E-state index in [2.05, 4.69) is 16.0 Å². The second kappa shape index (κ2) is 16.0. The van der Waals surface area contributed by atoms with Crippen LogP contribution in [0.2, 0.25) is 0 Å². The Bertz CT molecular complexity index is 1940. The minimum atomic E-state index is -4.46. The summed E-state index contributed by atoms with van der Waals surface area (Å²) in [5.74, 6) is -0.401. The molecule has 0 saturated carbocycles. The van der Waals surface area contributed by atoms with Gasteiger partial charge >= 0.3 is 6.18 Å². The van der Waals surface area contributed by atoms with Crippen LogP contribution in [0.25, 0.3) is 11.1 Å². The Balaban J connectivity index is 1.23. The SMILES string of the molecule is CCOc1ccc(CC(=O)N[C@H](C(=O)NCc2ccc(NC(=O)c3ccccc3-c3ccc(C(F)(F)F)cc3)c(C)c2)c2ccccc2)cc1. The standard InChI is InChI=1S/C40H36F3N3O4/c1-3-50-32-20-13-27(14-21-32)24-36(47)46-37(30-9-5-4-6-10-30)39(49)44-25-28-15-22-35(26(2)23-28)45-38(48)34-12-8-7-11-33(34)29-16-18-31(19-17-29)40(41,42)43/h4-23,37H,3,24-25H2,1-2H3,(H,44,49)(H,45,48)(H,46,47)/t37-/m0/s1. The fourth-order valence-corrected chi connectivity index (χ4v) is 5.44. The molecule has 256 valence electrons. The van der Waals surface area contributed by atoms with Gasteiger partial charge < -0.3 is 20.7 Å². The Kier molecular flexibility index (Phi) is 11.3. The number of nitrogens with one attached hydrogen (secondary N) is 3. The summed E-state index contributed by atoms with van der Waals surface area (Å²) in [6, 6.07) is 32.0. The van der Waals surface area contributed by atoms with Gasteiger partial charge in [0.25, 0.3) is 5.91 Å². The minimum Gasteiger partial charge on any atom is -0.494 e. The van der Waals surface area contributed by atoms with Gasteiger partial charge in [-0.25, -0.2) is 0 Å². The quantitative estimate of drug-likeness (QED) is 0.124. The zero-order valence-corrected chi connectivity index (χ0v) is 27.5. The highest BCUT2D eigenvalue weighted by molar-refractivity contribution is 6.09. The maximum Gasteiger partial charge on any atom is 0.416 e. The molecule has 0 aromatic heterocycles. The maximum absolute atomic E-state index is 13.4. The Hall–Kier alpha value is -5.90. The van der Waals surface area contributed by atoms with Crippen LogP contribution in [-0.2, 0) is 28.7 Å². The highest BCUT2D eigenvalue weighted by Crippen LogP contribution is 2.32. The van der Waals surface area contributed by atoms with Crippen molar-refractivity contribution in [2.45, 2.75) is 39.0 Å². The average molecular weight is 680 g/mol. The first-order valence-corrected chi connectivity index (χ1v) is 16.0. The highest BCUT2D eigenvalue weighted by atomic mass is 19.4. The van der Waals surface area contributed by atoms with Crippen molar-refractivity contribution in [2.24, 2.45) is 0 Å². The zero-order valence-electron chi connectivity index (χ0n) is 27.5. The van der Waals surface area contributed by atoms with Gasteiger partial charge in [0.05, 0.1) is 18.6 Å². The second-order valence-corrected chi connectivity index (χ2v) is 11.6. The summed E-state index contributed by atoms with van der Waals surface area (Å²) in [5, 5.41) is 8.67. The van der Waals surface area contributed by atoms with Crippen LogP contribution >= 0.6 is 0 Å². The average Bonchev–Trinajstić information content (AvgIpc) is 3.11. The van der Waals surface area contributed by atoms with Crippen LogP contribution in [0.3, 0.4) is 0 Å². The van der Waals surface area contributed by atoms with Gasteiger partial charge in [0.2, 0.25) is 11.8 Å². The van der Waals surface area contributed by atoms with Crippen molar-refractivity contribution in [3.8, 4) is 16.9 Å². The van der Waals surface area contributed by atoms with Crippen molar-refractivity contribution in [2.75, 3.05) is 11.9 Å². The van der Waals surface area contributed by atoms with Gasteiger partial charge in [0.1, 0.15) is 11.8 Å². The van der Waals surface area contributed by atoms with Crippen molar-refractivity contribution in [3.63, 3.8) is 0 Å². The molecule has 3 N–H and O–H groups in total. The van der Waals surface area contributed by atoms with E-state index in [1.807, 2.05) is 38.1 Å². The normalized spacial score (nSPS) is 11.7. The summed E-state index contributed by atoms with van der Waals surface area (Å²) in [4.78, 5) is 39.8. The monoisotopic (exact) mass is 679 g/mol. The number of ether oxygens (including phenoxy) is 1. The molecule has 1 atom stereocenters. The number of aryl methyl sites for hydroxylation is 1. The lowest BCUT2D eigenvalue weighted by Crippen LogP contribution is -2.40. The predicted molar refractivity (Wildman–Crippen MR) is 186 cm³/mol. The van der Waals surface area contributed by atoms with Crippen LogP contribution in [0.5, 0.6) is 5.75 Å². The van der Waals surface area contributed by atoms with Gasteiger partial charge in [-0.05, 0) is 83.6 Å². The molecule has 7 nitrogen and oxygen atoms in total. The van der Waals surface area contributed by atoms with Gasteiger partial charge in [0, 0.05) is 17.8 Å². The van der Waals surface area contributed by atoms with Crippen molar-refractivity contribution in [1.82, 2.24) is 10.6 Å². The third kappa shape index (κ3) is 9.16. The third-order valence-corrected chi connectivity index (χ3v) is 8.00. The van der Waals surface area contributed by atoms with Crippen molar-refractivity contribution in [3.05, 3.63) is 155 Å². The van der Waals surface area contributed by atoms with Gasteiger partial charge in [-0.3, -0.25) is 14.4 Å². The molecule has 0 unspecified atom stereocenters. The number of halogens is 3. The Morgan fingerprint density at radius 1 is 0.780 bits per heavy atom. The van der Waals surface area contributed by atoms with Gasteiger partial charge in [-0.2, -0.15) is 13.2 Å². The molecule has 0 radical (unpaired) electrons. The topological polar surface area (TPSA) is 96.5 Å². The Morgan fingerprint density at radius 2 is 1.44 bits per heavy atom. The first kappa shape index (κ1) is 35.4. The summed E-state index contributed by atoms with van der Waals surface area (Å²) in [6.07, 6.45) is -4.37. The molecule has 0 aliphatic heterocycles. The van der Waals surface area contributed by atoms with Crippen LogP contribution in [0.1, 0.15) is 51.1 Å². The summed E-state index contributed by atoms with van der Waals surface area (Å²) in [5.41, 5.74) is 3.97. The number of carbonyl (C=O) groups excluding carboxylic acids is 3. The molecule has 5 aromatic rings. The summed E-state index contributed by atoms with van der Waals surface area (Å²) >= 11 is 0. The predicted octanol–water partition coefficient (Wildman–Crippen LogP) is 8.05. The molecule has 10 heteroatoms. The largest absolute Gasteiger partial charge is 0.494 e. The lowest BCUT2D eigenvalue weighted by atomic mass is 9.98. The molecule has 0 bridgehead atoms. The van der Waals surface area contributed by atoms with Gasteiger partial charge in [-0.1, -0.05) is 84.9 Å². The molecule has 3 amide bonds. The van der Waals surface area contributed by atoms with Crippen LogP contribution in [0, 0.1) is 6.92 Å². The first-order valence-electron chi connectivity index (χ1n) is 16.0. The van der Waals surface area contributed by atoms with E-state index in [9.17, 15) is 27.6 Å². The first-order chi connectivity index (χ1) is 24.0. The molecule has 5 rings (SSSR count). The minimum absolute atomic E-state index is 0.0875. The van der Waals surface area contributed by atoms with Crippen molar-refractivity contribution in [1.29, 1.82) is 0 Å². The number of amides is 3. The molecule has 50 heavy (non-hydrogen) atoms. The maximum atomic E-state index is 13.4. The van der Waals surface area contributed by atoms with E-state index in [4.69, 9.17) is 4.74 Å². The van der Waals surface area contributed by atoms with E-state index in [-0.39, 0.29) is 24.8 Å². The van der Waals surface area contributed by atoms with E-state index in [0.29, 0.717) is 40.3 Å². The van der Waals surface area contributed by atoms with E-state index >= 15 is 0 Å². The van der Waals surface area contributed by atoms with Gasteiger partial charge in [-0.15, -0.1) is 0 Å². The Morgan fingerprint density at radius 3 is 2.10 bits per heavy atom. The van der Waals surface area contributed by atoms with Crippen LogP contribution in [0.4, 0.5) is 18.9 Å². The number of carbonyl (C=O) groups is 3. The van der Waals surface area contributed by atoms with Crippen LogP contribution in [0.15, 0.2) is 121 Å². The molecular weight excluding hydrogens is 643 g/mol. The molecule has 0 saturated heterocycles. The van der Waals surface area contributed by atoms with E-state index < -0.39 is 23.7 Å². The van der Waals surface area contributed by atoms with Crippen LogP contribution < -0.4 is 20.7 Å². The van der Waals surface area contributed by atoms with Crippen LogP contribution in [-0.4, -0.2) is 24.3 Å². The molecule has 5 aromatic carbocycles. The Labute approximate surface area is 288 Å². The zero-order chi connectivity index (χ0) is 35.7. The van der Waals surface area contributed by atoms with E-state index in [1.165, 1.54) is 12.1 Å². The summed E-state index contributed by atoms with van der Waals surface area (Å²) in [7, 11) is 0. The summed E-state index contributed by atoms with van der Waals surface area (Å²) < 4.78 is 44.7. The number of anilines is 1. The smallest absolute Gasteiger partial charge is 0.416 e.